The van der Waals surface area contributed by atoms with Gasteiger partial charge in [0.15, 0.2) is 0 Å². The van der Waals surface area contributed by atoms with E-state index in [0.717, 1.165) is 6.42 Å². The average molecular weight is 253 g/mol. The van der Waals surface area contributed by atoms with E-state index in [0.29, 0.717) is 26.1 Å². The molecule has 1 N–H and O–H groups in total. The largest absolute Gasteiger partial charge is 0.392 e. The predicted octanol–water partition coefficient (Wildman–Crippen LogP) is 2.98. The molecule has 0 bridgehead atoms. The van der Waals surface area contributed by atoms with E-state index >= 15 is 0 Å². The van der Waals surface area contributed by atoms with Gasteiger partial charge in [-0.1, -0.05) is 12.8 Å². The molecule has 17 heavy (non-hydrogen) atoms. The Morgan fingerprint density at radius 1 is 1.29 bits per heavy atom. The van der Waals surface area contributed by atoms with Gasteiger partial charge >= 0.3 is 6.18 Å². The van der Waals surface area contributed by atoms with E-state index in [-0.39, 0.29) is 18.4 Å². The Morgan fingerprint density at radius 3 is 2.47 bits per heavy atom. The van der Waals surface area contributed by atoms with E-state index in [1.165, 1.54) is 0 Å². The number of hydrogen-bond donors (Lipinski definition) is 1. The second-order valence-electron chi connectivity index (χ2n) is 4.65. The maximum Gasteiger partial charge on any atom is 0.392 e. The van der Waals surface area contributed by atoms with Crippen LogP contribution in [-0.2, 0) is 4.74 Å². The first-order chi connectivity index (χ1) is 8.00. The molecule has 0 spiro atoms. The van der Waals surface area contributed by atoms with Crippen molar-refractivity contribution >= 4 is 0 Å². The smallest absolute Gasteiger partial charge is 0.380 e. The van der Waals surface area contributed by atoms with Gasteiger partial charge in [-0.3, -0.25) is 0 Å². The topological polar surface area (TPSA) is 21.3 Å². The van der Waals surface area contributed by atoms with Gasteiger partial charge in [-0.2, -0.15) is 13.2 Å². The van der Waals surface area contributed by atoms with Crippen molar-refractivity contribution in [2.24, 2.45) is 11.8 Å². The predicted molar refractivity (Wildman–Crippen MR) is 60.8 cm³/mol. The lowest BCUT2D eigenvalue weighted by atomic mass is 9.75. The lowest BCUT2D eigenvalue weighted by Gasteiger charge is -2.37. The van der Waals surface area contributed by atoms with E-state index in [1.54, 1.807) is 7.05 Å². The number of hydrogen-bond acceptors (Lipinski definition) is 2. The summed E-state index contributed by atoms with van der Waals surface area (Å²) < 4.78 is 44.1. The first-order valence-electron chi connectivity index (χ1n) is 6.32. The Balaban J connectivity index is 2.68. The van der Waals surface area contributed by atoms with Gasteiger partial charge in [0.1, 0.15) is 0 Å². The summed E-state index contributed by atoms with van der Waals surface area (Å²) in [5.74, 6) is -1.52. The minimum Gasteiger partial charge on any atom is -0.380 e. The van der Waals surface area contributed by atoms with Crippen molar-refractivity contribution in [3.8, 4) is 0 Å². The van der Waals surface area contributed by atoms with Crippen molar-refractivity contribution in [3.63, 3.8) is 0 Å². The second-order valence-corrected chi connectivity index (χ2v) is 4.65. The van der Waals surface area contributed by atoms with Gasteiger partial charge < -0.3 is 10.1 Å². The zero-order chi connectivity index (χ0) is 12.9. The molecule has 5 heteroatoms. The molecule has 0 saturated heterocycles. The zero-order valence-corrected chi connectivity index (χ0v) is 10.5. The third-order valence-electron chi connectivity index (χ3n) is 3.63. The van der Waals surface area contributed by atoms with Crippen molar-refractivity contribution in [1.29, 1.82) is 0 Å². The van der Waals surface area contributed by atoms with Gasteiger partial charge in [0.25, 0.3) is 0 Å². The zero-order valence-electron chi connectivity index (χ0n) is 10.5. The van der Waals surface area contributed by atoms with Crippen LogP contribution in [0.25, 0.3) is 0 Å². The lowest BCUT2D eigenvalue weighted by molar-refractivity contribution is -0.200. The molecule has 1 fully saturated rings. The van der Waals surface area contributed by atoms with Gasteiger partial charge in [-0.15, -0.1) is 0 Å². The van der Waals surface area contributed by atoms with Gasteiger partial charge in [-0.25, -0.2) is 0 Å². The summed E-state index contributed by atoms with van der Waals surface area (Å²) in [5, 5.41) is 2.98. The Bertz CT molecular complexity index is 220. The maximum atomic E-state index is 12.9. The summed E-state index contributed by atoms with van der Waals surface area (Å²) in [5.41, 5.74) is 0. The molecule has 1 rings (SSSR count). The number of likely N-dealkylation sites (N-methyl/N-ethyl adjacent to an activating group) is 1. The van der Waals surface area contributed by atoms with Crippen molar-refractivity contribution in [1.82, 2.24) is 5.32 Å². The summed E-state index contributed by atoms with van der Waals surface area (Å²) in [6.45, 7) is 2.76. The molecule has 1 aliphatic rings. The minimum atomic E-state index is -4.08. The Morgan fingerprint density at radius 2 is 1.94 bits per heavy atom. The number of halogens is 3. The SMILES string of the molecule is CCOCC(NC)C1CCCCC1C(F)(F)F. The molecule has 0 aromatic heterocycles. The molecule has 3 unspecified atom stereocenters. The molecular formula is C12H22F3NO. The molecule has 0 amide bonds. The van der Waals surface area contributed by atoms with Crippen LogP contribution in [0.4, 0.5) is 13.2 Å². The van der Waals surface area contributed by atoms with Crippen molar-refractivity contribution in [3.05, 3.63) is 0 Å². The highest BCUT2D eigenvalue weighted by Crippen LogP contribution is 2.42. The average Bonchev–Trinajstić information content (AvgIpc) is 2.29. The monoisotopic (exact) mass is 253 g/mol. The van der Waals surface area contributed by atoms with Gasteiger partial charge in [-0.05, 0) is 32.7 Å². The van der Waals surface area contributed by atoms with Crippen molar-refractivity contribution in [2.75, 3.05) is 20.3 Å². The van der Waals surface area contributed by atoms with Crippen LogP contribution in [0.5, 0.6) is 0 Å². The molecule has 3 atom stereocenters. The fourth-order valence-corrected chi connectivity index (χ4v) is 2.71. The first kappa shape index (κ1) is 14.8. The number of alkyl halides is 3. The van der Waals surface area contributed by atoms with Crippen LogP contribution in [0.15, 0.2) is 0 Å². The minimum absolute atomic E-state index is 0.193. The molecule has 0 aromatic rings. The molecule has 1 saturated carbocycles. The number of rotatable bonds is 5. The van der Waals surface area contributed by atoms with Crippen LogP contribution in [0.2, 0.25) is 0 Å². The van der Waals surface area contributed by atoms with Crippen LogP contribution in [-0.4, -0.2) is 32.5 Å². The fourth-order valence-electron chi connectivity index (χ4n) is 2.71. The Hall–Kier alpha value is -0.290. The lowest BCUT2D eigenvalue weighted by Crippen LogP contribution is -2.46. The van der Waals surface area contributed by atoms with Crippen LogP contribution >= 0.6 is 0 Å². The van der Waals surface area contributed by atoms with E-state index in [2.05, 4.69) is 5.32 Å². The summed E-state index contributed by atoms with van der Waals surface area (Å²) in [6.07, 6.45) is -1.60. The second kappa shape index (κ2) is 6.59. The normalized spacial score (nSPS) is 28.1. The van der Waals surface area contributed by atoms with E-state index in [4.69, 9.17) is 4.74 Å². The standard InChI is InChI=1S/C12H22F3NO/c1-3-17-8-11(16-2)9-6-4-5-7-10(9)12(13,14)15/h9-11,16H,3-8H2,1-2H3. The highest BCUT2D eigenvalue weighted by Gasteiger charge is 2.47. The molecule has 0 heterocycles. The van der Waals surface area contributed by atoms with Crippen LogP contribution in [0, 0.1) is 11.8 Å². The molecule has 0 radical (unpaired) electrons. The highest BCUT2D eigenvalue weighted by atomic mass is 19.4. The van der Waals surface area contributed by atoms with Gasteiger partial charge in [0.2, 0.25) is 0 Å². The van der Waals surface area contributed by atoms with E-state index < -0.39 is 12.1 Å². The molecular weight excluding hydrogens is 231 g/mol. The molecule has 1 aliphatic carbocycles. The summed E-state index contributed by atoms with van der Waals surface area (Å²) in [6, 6.07) is -0.193. The Kier molecular flexibility index (Phi) is 5.73. The van der Waals surface area contributed by atoms with E-state index in [1.807, 2.05) is 6.92 Å². The Labute approximate surface area is 101 Å². The number of ether oxygens (including phenoxy) is 1. The summed E-state index contributed by atoms with van der Waals surface area (Å²) >= 11 is 0. The maximum absolute atomic E-state index is 12.9. The molecule has 0 aromatic carbocycles. The third-order valence-corrected chi connectivity index (χ3v) is 3.63. The molecule has 0 aliphatic heterocycles. The van der Waals surface area contributed by atoms with Crippen LogP contribution in [0.3, 0.4) is 0 Å². The summed E-state index contributed by atoms with van der Waals surface area (Å²) in [4.78, 5) is 0. The van der Waals surface area contributed by atoms with Crippen molar-refractivity contribution < 1.29 is 17.9 Å². The summed E-state index contributed by atoms with van der Waals surface area (Å²) in [7, 11) is 1.71. The molecule has 102 valence electrons. The third kappa shape index (κ3) is 4.14. The quantitative estimate of drug-likeness (QED) is 0.813. The van der Waals surface area contributed by atoms with Gasteiger partial charge in [0.05, 0.1) is 12.5 Å². The highest BCUT2D eigenvalue weighted by molar-refractivity contribution is 4.87. The van der Waals surface area contributed by atoms with Crippen LogP contribution in [0.1, 0.15) is 32.6 Å². The first-order valence-corrected chi connectivity index (χ1v) is 6.32. The van der Waals surface area contributed by atoms with Crippen molar-refractivity contribution in [2.45, 2.75) is 44.8 Å². The number of nitrogens with one attached hydrogen (secondary N) is 1. The van der Waals surface area contributed by atoms with Gasteiger partial charge in [0, 0.05) is 12.6 Å². The fraction of sp³-hybridized carbons (Fsp3) is 1.00. The molecule has 2 nitrogen and oxygen atoms in total. The van der Waals surface area contributed by atoms with E-state index in [9.17, 15) is 13.2 Å². The van der Waals surface area contributed by atoms with Crippen LogP contribution < -0.4 is 5.32 Å².